The van der Waals surface area contributed by atoms with Crippen LogP contribution >= 0.6 is 11.6 Å². The highest BCUT2D eigenvalue weighted by molar-refractivity contribution is 6.33. The Morgan fingerprint density at radius 1 is 1.13 bits per heavy atom. The Hall–Kier alpha value is -2.58. The first-order chi connectivity index (χ1) is 15.1. The molecule has 0 aromatic carbocycles. The first-order valence-corrected chi connectivity index (χ1v) is 11.3. The van der Waals surface area contributed by atoms with Crippen molar-refractivity contribution in [3.63, 3.8) is 0 Å². The van der Waals surface area contributed by atoms with E-state index in [4.69, 9.17) is 31.0 Å². The standard InChI is InChI=1S/C22H27ClN6O2/c1-3-28-9-11-29(12-10-28)18-8-7-15(21(25-18)30-2)19-16(23)13-17-20(26-19)27-22(24-17)31-14-5-4-6-14/h7-8,13-14H,3-6,9-12H2,1-2H3,(H,24,26,27). The van der Waals surface area contributed by atoms with E-state index in [-0.39, 0.29) is 6.10 Å². The van der Waals surface area contributed by atoms with Crippen molar-refractivity contribution in [2.75, 3.05) is 44.7 Å². The number of imidazole rings is 1. The minimum absolute atomic E-state index is 0.242. The van der Waals surface area contributed by atoms with Gasteiger partial charge in [-0.1, -0.05) is 18.5 Å². The van der Waals surface area contributed by atoms with Gasteiger partial charge < -0.3 is 24.3 Å². The molecule has 8 nitrogen and oxygen atoms in total. The zero-order valence-electron chi connectivity index (χ0n) is 17.9. The van der Waals surface area contributed by atoms with Gasteiger partial charge in [0.2, 0.25) is 5.88 Å². The normalized spacial score (nSPS) is 17.7. The number of likely N-dealkylation sites (N-methyl/N-ethyl adjacent to an activating group) is 1. The number of rotatable bonds is 6. The average molecular weight is 443 g/mol. The van der Waals surface area contributed by atoms with Crippen molar-refractivity contribution in [1.82, 2.24) is 24.8 Å². The molecule has 0 spiro atoms. The van der Waals surface area contributed by atoms with Crippen LogP contribution in [0.15, 0.2) is 18.2 Å². The lowest BCUT2D eigenvalue weighted by molar-refractivity contribution is 0.110. The maximum absolute atomic E-state index is 6.59. The number of methoxy groups -OCH3 is 1. The molecule has 1 saturated heterocycles. The molecular formula is C22H27ClN6O2. The molecule has 1 aliphatic heterocycles. The van der Waals surface area contributed by atoms with Crippen LogP contribution in [0.5, 0.6) is 11.9 Å². The Morgan fingerprint density at radius 3 is 2.61 bits per heavy atom. The SMILES string of the molecule is CCN1CCN(c2ccc(-c3nc4nc(OC5CCC5)[nH]c4cc3Cl)c(OC)n2)CC1. The molecule has 164 valence electrons. The van der Waals surface area contributed by atoms with Gasteiger partial charge in [-0.25, -0.2) is 4.98 Å². The second kappa shape index (κ2) is 8.51. The van der Waals surface area contributed by atoms with Crippen LogP contribution in [0.25, 0.3) is 22.4 Å². The molecule has 0 unspecified atom stereocenters. The number of ether oxygens (including phenoxy) is 2. The Morgan fingerprint density at radius 2 is 1.94 bits per heavy atom. The molecule has 1 aliphatic carbocycles. The Bertz CT molecular complexity index is 1080. The monoisotopic (exact) mass is 442 g/mol. The van der Waals surface area contributed by atoms with E-state index in [9.17, 15) is 0 Å². The minimum atomic E-state index is 0.242. The molecule has 5 rings (SSSR count). The van der Waals surface area contributed by atoms with Gasteiger partial charge in [-0.3, -0.25) is 0 Å². The molecule has 1 N–H and O–H groups in total. The first kappa shape index (κ1) is 20.3. The zero-order chi connectivity index (χ0) is 21.4. The summed E-state index contributed by atoms with van der Waals surface area (Å²) in [6.07, 6.45) is 3.58. The smallest absolute Gasteiger partial charge is 0.296 e. The van der Waals surface area contributed by atoms with Gasteiger partial charge in [-0.15, -0.1) is 0 Å². The molecule has 0 bridgehead atoms. The van der Waals surface area contributed by atoms with Gasteiger partial charge >= 0.3 is 0 Å². The number of nitrogens with one attached hydrogen (secondary N) is 1. The minimum Gasteiger partial charge on any atom is -0.480 e. The van der Waals surface area contributed by atoms with Crippen LogP contribution in [-0.4, -0.2) is 70.8 Å². The van der Waals surface area contributed by atoms with E-state index >= 15 is 0 Å². The van der Waals surface area contributed by atoms with Crippen molar-refractivity contribution < 1.29 is 9.47 Å². The molecule has 3 aromatic heterocycles. The maximum atomic E-state index is 6.59. The van der Waals surface area contributed by atoms with E-state index in [2.05, 4.69) is 26.7 Å². The van der Waals surface area contributed by atoms with E-state index in [1.165, 1.54) is 6.42 Å². The molecule has 9 heteroatoms. The number of pyridine rings is 2. The van der Waals surface area contributed by atoms with Crippen molar-refractivity contribution in [3.05, 3.63) is 23.2 Å². The number of piperazine rings is 1. The van der Waals surface area contributed by atoms with Crippen molar-refractivity contribution in [1.29, 1.82) is 0 Å². The van der Waals surface area contributed by atoms with Crippen molar-refractivity contribution in [2.45, 2.75) is 32.3 Å². The molecule has 3 aromatic rings. The molecule has 0 radical (unpaired) electrons. The number of aromatic nitrogens is 4. The number of hydrogen-bond acceptors (Lipinski definition) is 7. The van der Waals surface area contributed by atoms with E-state index in [0.717, 1.165) is 62.5 Å². The van der Waals surface area contributed by atoms with E-state index in [1.54, 1.807) is 7.11 Å². The quantitative estimate of drug-likeness (QED) is 0.622. The molecule has 1 saturated carbocycles. The number of fused-ring (bicyclic) bond motifs is 1. The lowest BCUT2D eigenvalue weighted by Gasteiger charge is -2.34. The zero-order valence-corrected chi connectivity index (χ0v) is 18.7. The second-order valence-electron chi connectivity index (χ2n) is 8.05. The average Bonchev–Trinajstić information content (AvgIpc) is 3.16. The van der Waals surface area contributed by atoms with Crippen LogP contribution < -0.4 is 14.4 Å². The summed E-state index contributed by atoms with van der Waals surface area (Å²) in [4.78, 5) is 21.8. The maximum Gasteiger partial charge on any atom is 0.296 e. The molecule has 2 aliphatic rings. The van der Waals surface area contributed by atoms with Crippen LogP contribution in [0.4, 0.5) is 5.82 Å². The first-order valence-electron chi connectivity index (χ1n) is 10.9. The van der Waals surface area contributed by atoms with Crippen LogP contribution in [-0.2, 0) is 0 Å². The number of hydrogen-bond donors (Lipinski definition) is 1. The number of nitrogens with zero attached hydrogens (tertiary/aromatic N) is 5. The number of halogens is 1. The predicted molar refractivity (Wildman–Crippen MR) is 121 cm³/mol. The van der Waals surface area contributed by atoms with Crippen molar-refractivity contribution in [2.24, 2.45) is 0 Å². The fraction of sp³-hybridized carbons (Fsp3) is 0.500. The summed E-state index contributed by atoms with van der Waals surface area (Å²) in [5.74, 6) is 1.41. The van der Waals surface area contributed by atoms with Crippen LogP contribution in [0.1, 0.15) is 26.2 Å². The van der Waals surface area contributed by atoms with Crippen molar-refractivity contribution >= 4 is 28.6 Å². The molecule has 0 amide bonds. The van der Waals surface area contributed by atoms with Crippen molar-refractivity contribution in [3.8, 4) is 23.1 Å². The summed E-state index contributed by atoms with van der Waals surface area (Å²) in [5.41, 5.74) is 2.66. The number of anilines is 1. The van der Waals surface area contributed by atoms with Gasteiger partial charge in [0.05, 0.1) is 28.9 Å². The second-order valence-corrected chi connectivity index (χ2v) is 8.46. The van der Waals surface area contributed by atoms with E-state index in [1.807, 2.05) is 18.2 Å². The molecular weight excluding hydrogens is 416 g/mol. The summed E-state index contributed by atoms with van der Waals surface area (Å²) in [6, 6.07) is 6.31. The highest BCUT2D eigenvalue weighted by atomic mass is 35.5. The summed E-state index contributed by atoms with van der Waals surface area (Å²) in [7, 11) is 1.62. The fourth-order valence-corrected chi connectivity index (χ4v) is 4.28. The van der Waals surface area contributed by atoms with Crippen LogP contribution in [0, 0.1) is 0 Å². The highest BCUT2D eigenvalue weighted by Crippen LogP contribution is 2.36. The summed E-state index contributed by atoms with van der Waals surface area (Å²) in [5, 5.41) is 0.510. The third-order valence-corrected chi connectivity index (χ3v) is 6.46. The van der Waals surface area contributed by atoms with Crippen LogP contribution in [0.2, 0.25) is 5.02 Å². The highest BCUT2D eigenvalue weighted by Gasteiger charge is 2.23. The Labute approximate surface area is 186 Å². The molecule has 4 heterocycles. The number of H-pyrrole nitrogens is 1. The predicted octanol–water partition coefficient (Wildman–Crippen LogP) is 3.76. The van der Waals surface area contributed by atoms with E-state index in [0.29, 0.717) is 28.3 Å². The number of aromatic amines is 1. The molecule has 0 atom stereocenters. The summed E-state index contributed by atoms with van der Waals surface area (Å²) in [6.45, 7) is 7.25. The third kappa shape index (κ3) is 4.02. The van der Waals surface area contributed by atoms with E-state index < -0.39 is 0 Å². The Balaban J connectivity index is 1.43. The summed E-state index contributed by atoms with van der Waals surface area (Å²) >= 11 is 6.59. The lowest BCUT2D eigenvalue weighted by Crippen LogP contribution is -2.46. The van der Waals surface area contributed by atoms with Gasteiger partial charge in [-0.05, 0) is 44.0 Å². The van der Waals surface area contributed by atoms with Crippen LogP contribution in [0.3, 0.4) is 0 Å². The fourth-order valence-electron chi connectivity index (χ4n) is 4.02. The topological polar surface area (TPSA) is 79.4 Å². The van der Waals surface area contributed by atoms with Gasteiger partial charge in [-0.2, -0.15) is 9.97 Å². The molecule has 2 fully saturated rings. The van der Waals surface area contributed by atoms with Gasteiger partial charge in [0.1, 0.15) is 11.9 Å². The van der Waals surface area contributed by atoms with Gasteiger partial charge in [0.15, 0.2) is 5.65 Å². The lowest BCUT2D eigenvalue weighted by atomic mass is 9.96. The molecule has 31 heavy (non-hydrogen) atoms. The third-order valence-electron chi connectivity index (χ3n) is 6.17. The van der Waals surface area contributed by atoms with Gasteiger partial charge in [0.25, 0.3) is 6.01 Å². The summed E-state index contributed by atoms with van der Waals surface area (Å²) < 4.78 is 11.5. The Kier molecular flexibility index (Phi) is 5.58. The van der Waals surface area contributed by atoms with Gasteiger partial charge in [0, 0.05) is 26.2 Å². The largest absolute Gasteiger partial charge is 0.480 e.